The third kappa shape index (κ3) is 1.77. The lowest BCUT2D eigenvalue weighted by Gasteiger charge is -2.67. The maximum Gasteiger partial charge on any atom is 0.309 e. The molecule has 1 aliphatic heterocycles. The second kappa shape index (κ2) is 4.48. The van der Waals surface area contributed by atoms with Crippen LogP contribution in [-0.2, 0) is 9.59 Å². The number of carbonyl (C=O) groups is 2. The van der Waals surface area contributed by atoms with E-state index in [0.29, 0.717) is 19.3 Å². The summed E-state index contributed by atoms with van der Waals surface area (Å²) in [5.74, 6) is -0.542. The minimum Gasteiger partial charge on any atom is -0.481 e. The Morgan fingerprint density at radius 1 is 0.909 bits per heavy atom. The number of carbonyl (C=O) groups excluding carboxylic acids is 1. The fourth-order valence-corrected chi connectivity index (χ4v) is 4.38. The molecule has 0 atom stereocenters. The number of nitrogens with zero attached hydrogens (tertiary/aromatic N) is 2. The quantitative estimate of drug-likeness (QED) is 0.921. The van der Waals surface area contributed by atoms with E-state index in [0.717, 1.165) is 26.2 Å². The topological polar surface area (TPSA) is 60.9 Å². The van der Waals surface area contributed by atoms with E-state index in [-0.39, 0.29) is 11.3 Å². The van der Waals surface area contributed by atoms with Crippen LogP contribution in [0.15, 0.2) is 30.3 Å². The van der Waals surface area contributed by atoms with Gasteiger partial charge in [0.05, 0.1) is 10.8 Å². The van der Waals surface area contributed by atoms with Crippen LogP contribution in [0.4, 0.5) is 5.69 Å². The van der Waals surface area contributed by atoms with Gasteiger partial charge in [0, 0.05) is 31.9 Å². The number of benzene rings is 1. The molecule has 22 heavy (non-hydrogen) atoms. The molecular weight excluding hydrogens is 280 g/mol. The standard InChI is InChI=1S/C17H20N2O3/c20-14(16-10-17(11-16,12-16)15(21)22)19-8-6-18(7-9-19)13-4-2-1-3-5-13/h1-5H,6-12H2,(H,21,22). The number of hydrogen-bond donors (Lipinski definition) is 1. The number of para-hydroxylation sites is 1. The van der Waals surface area contributed by atoms with E-state index in [9.17, 15) is 9.59 Å². The Morgan fingerprint density at radius 2 is 1.50 bits per heavy atom. The van der Waals surface area contributed by atoms with Gasteiger partial charge in [-0.3, -0.25) is 9.59 Å². The first-order valence-electron chi connectivity index (χ1n) is 7.88. The van der Waals surface area contributed by atoms with Crippen LogP contribution in [0.5, 0.6) is 0 Å². The highest BCUT2D eigenvalue weighted by atomic mass is 16.4. The molecule has 1 saturated heterocycles. The maximum atomic E-state index is 12.7. The van der Waals surface area contributed by atoms with Gasteiger partial charge in [0.15, 0.2) is 0 Å². The number of aliphatic carboxylic acids is 1. The molecule has 1 aromatic rings. The summed E-state index contributed by atoms with van der Waals surface area (Å²) < 4.78 is 0. The molecule has 1 amide bonds. The summed E-state index contributed by atoms with van der Waals surface area (Å²) in [6.07, 6.45) is 1.65. The summed E-state index contributed by atoms with van der Waals surface area (Å²) >= 11 is 0. The lowest BCUT2D eigenvalue weighted by atomic mass is 9.34. The predicted molar refractivity (Wildman–Crippen MR) is 81.6 cm³/mol. The first kappa shape index (κ1) is 13.6. The van der Waals surface area contributed by atoms with Crippen LogP contribution in [0.2, 0.25) is 0 Å². The highest BCUT2D eigenvalue weighted by molar-refractivity contribution is 5.93. The van der Waals surface area contributed by atoms with Crippen molar-refractivity contribution in [3.8, 4) is 0 Å². The van der Waals surface area contributed by atoms with Crippen molar-refractivity contribution in [2.75, 3.05) is 31.1 Å². The van der Waals surface area contributed by atoms with Crippen molar-refractivity contribution < 1.29 is 14.7 Å². The number of hydrogen-bond acceptors (Lipinski definition) is 3. The zero-order valence-electron chi connectivity index (χ0n) is 12.5. The smallest absolute Gasteiger partial charge is 0.309 e. The molecule has 0 spiro atoms. The molecule has 116 valence electrons. The zero-order valence-corrected chi connectivity index (χ0v) is 12.5. The first-order chi connectivity index (χ1) is 10.5. The molecule has 0 unspecified atom stereocenters. The Kier molecular flexibility index (Phi) is 2.77. The van der Waals surface area contributed by atoms with Gasteiger partial charge in [0.1, 0.15) is 0 Å². The summed E-state index contributed by atoms with van der Waals surface area (Å²) in [7, 11) is 0. The van der Waals surface area contributed by atoms with Gasteiger partial charge in [0.25, 0.3) is 0 Å². The monoisotopic (exact) mass is 300 g/mol. The second-order valence-corrected chi connectivity index (χ2v) is 7.01. The Balaban J connectivity index is 1.35. The van der Waals surface area contributed by atoms with Crippen molar-refractivity contribution in [2.45, 2.75) is 19.3 Å². The van der Waals surface area contributed by atoms with E-state index < -0.39 is 11.4 Å². The third-order valence-corrected chi connectivity index (χ3v) is 5.63. The van der Waals surface area contributed by atoms with Gasteiger partial charge in [-0.25, -0.2) is 0 Å². The van der Waals surface area contributed by atoms with Crippen LogP contribution in [0.3, 0.4) is 0 Å². The van der Waals surface area contributed by atoms with E-state index >= 15 is 0 Å². The Hall–Kier alpha value is -2.04. The molecule has 4 aliphatic rings. The molecule has 5 nitrogen and oxygen atoms in total. The van der Waals surface area contributed by atoms with E-state index in [1.54, 1.807) is 0 Å². The average molecular weight is 300 g/mol. The largest absolute Gasteiger partial charge is 0.481 e. The fourth-order valence-electron chi connectivity index (χ4n) is 4.38. The van der Waals surface area contributed by atoms with Crippen LogP contribution in [0.1, 0.15) is 19.3 Å². The van der Waals surface area contributed by atoms with Gasteiger partial charge >= 0.3 is 5.97 Å². The maximum absolute atomic E-state index is 12.7. The van der Waals surface area contributed by atoms with Gasteiger partial charge in [0.2, 0.25) is 5.91 Å². The summed E-state index contributed by atoms with van der Waals surface area (Å²) in [4.78, 5) is 28.0. The third-order valence-electron chi connectivity index (χ3n) is 5.63. The molecule has 5 heteroatoms. The SMILES string of the molecule is O=C(O)C12CC(C(=O)N3CCN(c4ccccc4)CC3)(C1)C2. The van der Waals surface area contributed by atoms with Gasteiger partial charge < -0.3 is 14.9 Å². The van der Waals surface area contributed by atoms with Crippen molar-refractivity contribution >= 4 is 17.6 Å². The summed E-state index contributed by atoms with van der Waals surface area (Å²) in [6, 6.07) is 10.2. The lowest BCUT2D eigenvalue weighted by molar-refractivity contribution is -0.226. The molecule has 4 fully saturated rings. The van der Waals surface area contributed by atoms with Crippen LogP contribution < -0.4 is 4.90 Å². The Labute approximate surface area is 129 Å². The van der Waals surface area contributed by atoms with Crippen LogP contribution in [0.25, 0.3) is 0 Å². The van der Waals surface area contributed by atoms with E-state index in [1.807, 2.05) is 23.1 Å². The molecule has 0 radical (unpaired) electrons. The molecule has 5 rings (SSSR count). The van der Waals surface area contributed by atoms with Gasteiger partial charge in [-0.05, 0) is 31.4 Å². The molecule has 1 aromatic carbocycles. The Morgan fingerprint density at radius 3 is 2.05 bits per heavy atom. The zero-order chi connectivity index (χ0) is 15.4. The number of carboxylic acid groups (broad SMARTS) is 1. The molecule has 1 heterocycles. The molecule has 0 aromatic heterocycles. The highest BCUT2D eigenvalue weighted by Crippen LogP contribution is 2.73. The van der Waals surface area contributed by atoms with Crippen molar-refractivity contribution in [1.82, 2.24) is 4.90 Å². The fraction of sp³-hybridized carbons (Fsp3) is 0.529. The Bertz CT molecular complexity index is 600. The van der Waals surface area contributed by atoms with Gasteiger partial charge in [-0.2, -0.15) is 0 Å². The molecular formula is C17H20N2O3. The average Bonchev–Trinajstić information content (AvgIpc) is 2.45. The number of amides is 1. The molecule has 1 N–H and O–H groups in total. The summed E-state index contributed by atoms with van der Waals surface area (Å²) in [5.41, 5.74) is 0.291. The van der Waals surface area contributed by atoms with Crippen LogP contribution in [0, 0.1) is 10.8 Å². The van der Waals surface area contributed by atoms with Crippen LogP contribution >= 0.6 is 0 Å². The number of piperazine rings is 1. The van der Waals surface area contributed by atoms with Crippen molar-refractivity contribution in [2.24, 2.45) is 10.8 Å². The van der Waals surface area contributed by atoms with Crippen molar-refractivity contribution in [1.29, 1.82) is 0 Å². The molecule has 3 saturated carbocycles. The van der Waals surface area contributed by atoms with E-state index in [4.69, 9.17) is 5.11 Å². The first-order valence-corrected chi connectivity index (χ1v) is 7.88. The van der Waals surface area contributed by atoms with Crippen molar-refractivity contribution in [3.63, 3.8) is 0 Å². The summed E-state index contributed by atoms with van der Waals surface area (Å²) in [5, 5.41) is 9.17. The second-order valence-electron chi connectivity index (χ2n) is 7.01. The normalized spacial score (nSPS) is 32.9. The van der Waals surface area contributed by atoms with Gasteiger partial charge in [-0.1, -0.05) is 18.2 Å². The number of rotatable bonds is 3. The number of anilines is 1. The van der Waals surface area contributed by atoms with Crippen molar-refractivity contribution in [3.05, 3.63) is 30.3 Å². The minimum absolute atomic E-state index is 0.184. The minimum atomic E-state index is -0.726. The predicted octanol–water partition coefficient (Wildman–Crippen LogP) is 1.59. The summed E-state index contributed by atoms with van der Waals surface area (Å²) in [6.45, 7) is 3.15. The van der Waals surface area contributed by atoms with E-state index in [2.05, 4.69) is 17.0 Å². The highest BCUT2D eigenvalue weighted by Gasteiger charge is 2.75. The van der Waals surface area contributed by atoms with Crippen LogP contribution in [-0.4, -0.2) is 48.1 Å². The number of carboxylic acids is 1. The lowest BCUT2D eigenvalue weighted by Crippen LogP contribution is -2.71. The van der Waals surface area contributed by atoms with Gasteiger partial charge in [-0.15, -0.1) is 0 Å². The molecule has 3 aliphatic carbocycles. The molecule has 2 bridgehead atoms. The van der Waals surface area contributed by atoms with E-state index in [1.165, 1.54) is 5.69 Å².